The molecular formula is C28H28ClF3N2O3. The maximum absolute atomic E-state index is 13.8. The number of fused-ring (bicyclic) bond motifs is 1. The number of hydrogen-bond acceptors (Lipinski definition) is 5. The first-order valence-corrected chi connectivity index (χ1v) is 12.4. The summed E-state index contributed by atoms with van der Waals surface area (Å²) in [6.45, 7) is 1.54. The van der Waals surface area contributed by atoms with Crippen LogP contribution in [-0.2, 0) is 0 Å². The van der Waals surface area contributed by atoms with E-state index in [-0.39, 0.29) is 12.0 Å². The molecule has 0 unspecified atom stereocenters. The largest absolute Gasteiger partial charge is 0.497 e. The molecule has 0 radical (unpaired) electrons. The molecule has 196 valence electrons. The Morgan fingerprint density at radius 3 is 2.51 bits per heavy atom. The zero-order valence-electron chi connectivity index (χ0n) is 20.4. The summed E-state index contributed by atoms with van der Waals surface area (Å²) in [6, 6.07) is 6.63. The van der Waals surface area contributed by atoms with Crippen LogP contribution in [0.5, 0.6) is 5.75 Å². The Morgan fingerprint density at radius 1 is 1.16 bits per heavy atom. The molecule has 2 heterocycles. The molecule has 2 aromatic carbocycles. The van der Waals surface area contributed by atoms with Crippen LogP contribution < -0.4 is 4.74 Å². The zero-order chi connectivity index (χ0) is 26.6. The normalized spacial score (nSPS) is 16.3. The average molecular weight is 533 g/mol. The van der Waals surface area contributed by atoms with E-state index < -0.39 is 29.1 Å². The summed E-state index contributed by atoms with van der Waals surface area (Å²) in [5.41, 5.74) is 0.474. The highest BCUT2D eigenvalue weighted by Crippen LogP contribution is 2.40. The van der Waals surface area contributed by atoms with Crippen molar-refractivity contribution in [1.82, 2.24) is 9.88 Å². The molecule has 37 heavy (non-hydrogen) atoms. The standard InChI is InChI=1S/C28H28ClF3N2O3/c1-37-19-4-5-25-21(15-19)27(22(29)16-33-25)26(36)6-7-28(17-35)8-11-34(12-9-28)10-2-3-20-23(31)13-18(30)14-24(20)32/h4-5,13-16,26,35-36H,6-12,17H2,1H3/t26-/m1/s1. The summed E-state index contributed by atoms with van der Waals surface area (Å²) < 4.78 is 45.9. The highest BCUT2D eigenvalue weighted by atomic mass is 35.5. The molecule has 1 fully saturated rings. The number of rotatable bonds is 7. The summed E-state index contributed by atoms with van der Waals surface area (Å²) in [4.78, 5) is 6.37. The third-order valence-electron chi connectivity index (χ3n) is 7.12. The van der Waals surface area contributed by atoms with E-state index in [1.165, 1.54) is 6.20 Å². The van der Waals surface area contributed by atoms with Crippen LogP contribution in [0.4, 0.5) is 13.2 Å². The van der Waals surface area contributed by atoms with E-state index in [0.717, 1.165) is 5.39 Å². The van der Waals surface area contributed by atoms with Gasteiger partial charge in [0, 0.05) is 35.9 Å². The van der Waals surface area contributed by atoms with Crippen molar-refractivity contribution in [3.05, 3.63) is 70.1 Å². The number of piperidine rings is 1. The van der Waals surface area contributed by atoms with Crippen LogP contribution in [0.2, 0.25) is 5.02 Å². The smallest absolute Gasteiger partial charge is 0.144 e. The third-order valence-corrected chi connectivity index (χ3v) is 7.43. The minimum Gasteiger partial charge on any atom is -0.497 e. The van der Waals surface area contributed by atoms with E-state index in [2.05, 4.69) is 16.8 Å². The van der Waals surface area contributed by atoms with Gasteiger partial charge in [0.25, 0.3) is 0 Å². The van der Waals surface area contributed by atoms with E-state index >= 15 is 0 Å². The zero-order valence-corrected chi connectivity index (χ0v) is 21.2. The Balaban J connectivity index is 1.38. The van der Waals surface area contributed by atoms with Crippen molar-refractivity contribution < 1.29 is 28.1 Å². The molecule has 0 amide bonds. The molecule has 9 heteroatoms. The van der Waals surface area contributed by atoms with Crippen LogP contribution in [0, 0.1) is 34.7 Å². The number of nitrogens with zero attached hydrogens (tertiary/aromatic N) is 2. The van der Waals surface area contributed by atoms with Crippen molar-refractivity contribution in [2.75, 3.05) is 33.4 Å². The highest BCUT2D eigenvalue weighted by molar-refractivity contribution is 6.32. The number of halogens is 4. The van der Waals surface area contributed by atoms with Gasteiger partial charge in [-0.2, -0.15) is 0 Å². The summed E-state index contributed by atoms with van der Waals surface area (Å²) in [6.07, 6.45) is 3.02. The molecule has 4 rings (SSSR count). The van der Waals surface area contributed by atoms with Gasteiger partial charge in [-0.15, -0.1) is 0 Å². The molecule has 0 saturated carbocycles. The van der Waals surface area contributed by atoms with Crippen LogP contribution >= 0.6 is 11.6 Å². The van der Waals surface area contributed by atoms with Crippen molar-refractivity contribution in [2.24, 2.45) is 5.41 Å². The second-order valence-electron chi connectivity index (χ2n) is 9.44. The Bertz CT molecular complexity index is 1310. The first-order valence-electron chi connectivity index (χ1n) is 12.0. The van der Waals surface area contributed by atoms with Gasteiger partial charge in [-0.3, -0.25) is 9.88 Å². The topological polar surface area (TPSA) is 65.8 Å². The lowest BCUT2D eigenvalue weighted by atomic mass is 9.74. The number of methoxy groups -OCH3 is 1. The van der Waals surface area contributed by atoms with Crippen molar-refractivity contribution in [3.63, 3.8) is 0 Å². The van der Waals surface area contributed by atoms with Crippen LogP contribution in [0.15, 0.2) is 36.5 Å². The van der Waals surface area contributed by atoms with E-state index in [1.807, 2.05) is 11.0 Å². The molecule has 5 nitrogen and oxygen atoms in total. The molecule has 1 aliphatic rings. The number of aromatic nitrogens is 1. The molecule has 2 N–H and O–H groups in total. The fourth-order valence-corrected chi connectivity index (χ4v) is 5.07. The molecule has 0 aliphatic carbocycles. The number of pyridine rings is 1. The Morgan fingerprint density at radius 2 is 1.86 bits per heavy atom. The van der Waals surface area contributed by atoms with Gasteiger partial charge < -0.3 is 14.9 Å². The molecule has 0 spiro atoms. The molecule has 3 aromatic rings. The van der Waals surface area contributed by atoms with Crippen molar-refractivity contribution in [2.45, 2.75) is 31.8 Å². The monoisotopic (exact) mass is 532 g/mol. The minimum absolute atomic E-state index is 0.0239. The van der Waals surface area contributed by atoms with Gasteiger partial charge in [0.15, 0.2) is 0 Å². The quantitative estimate of drug-likeness (QED) is 0.407. The SMILES string of the molecule is COc1ccc2ncc(Cl)c([C@H](O)CCC3(CO)CCN(CC#Cc4c(F)cc(F)cc4F)CC3)c2c1. The van der Waals surface area contributed by atoms with Crippen molar-refractivity contribution in [1.29, 1.82) is 0 Å². The number of likely N-dealkylation sites (tertiary alicyclic amines) is 1. The fraction of sp³-hybridized carbons (Fsp3) is 0.393. The molecule has 1 saturated heterocycles. The Hall–Kier alpha value is -2.83. The number of aliphatic hydroxyl groups excluding tert-OH is 2. The van der Waals surface area contributed by atoms with Gasteiger partial charge in [-0.1, -0.05) is 23.4 Å². The van der Waals surface area contributed by atoms with Gasteiger partial charge in [0.1, 0.15) is 23.2 Å². The van der Waals surface area contributed by atoms with E-state index in [4.69, 9.17) is 16.3 Å². The lowest BCUT2D eigenvalue weighted by Crippen LogP contribution is -2.42. The predicted octanol–water partition coefficient (Wildman–Crippen LogP) is 5.25. The minimum atomic E-state index is -1.03. The number of benzene rings is 2. The van der Waals surface area contributed by atoms with E-state index in [9.17, 15) is 23.4 Å². The van der Waals surface area contributed by atoms with Gasteiger partial charge in [0.05, 0.1) is 35.9 Å². The van der Waals surface area contributed by atoms with Gasteiger partial charge >= 0.3 is 0 Å². The number of aliphatic hydroxyl groups is 2. The molecule has 1 aromatic heterocycles. The van der Waals surface area contributed by atoms with Gasteiger partial charge in [0.2, 0.25) is 0 Å². The first-order chi connectivity index (χ1) is 17.7. The maximum Gasteiger partial charge on any atom is 0.144 e. The second-order valence-corrected chi connectivity index (χ2v) is 9.85. The molecule has 1 aliphatic heterocycles. The molecular weight excluding hydrogens is 505 g/mol. The van der Waals surface area contributed by atoms with Crippen LogP contribution in [0.1, 0.15) is 42.9 Å². The first kappa shape index (κ1) is 27.2. The van der Waals surface area contributed by atoms with Gasteiger partial charge in [-0.05, 0) is 62.4 Å². The van der Waals surface area contributed by atoms with Crippen molar-refractivity contribution in [3.8, 4) is 17.6 Å². The maximum atomic E-state index is 13.8. The van der Waals surface area contributed by atoms with E-state index in [1.54, 1.807) is 19.2 Å². The highest BCUT2D eigenvalue weighted by Gasteiger charge is 2.34. The summed E-state index contributed by atoms with van der Waals surface area (Å²) in [5.74, 6) is 2.82. The molecule has 1 atom stereocenters. The second kappa shape index (κ2) is 11.7. The summed E-state index contributed by atoms with van der Waals surface area (Å²) >= 11 is 6.43. The van der Waals surface area contributed by atoms with E-state index in [0.29, 0.717) is 79.3 Å². The average Bonchev–Trinajstić information content (AvgIpc) is 2.89. The number of hydrogen-bond donors (Lipinski definition) is 2. The summed E-state index contributed by atoms with van der Waals surface area (Å²) in [5, 5.41) is 22.4. The van der Waals surface area contributed by atoms with Crippen LogP contribution in [0.3, 0.4) is 0 Å². The van der Waals surface area contributed by atoms with Gasteiger partial charge in [-0.25, -0.2) is 13.2 Å². The van der Waals surface area contributed by atoms with Crippen molar-refractivity contribution >= 4 is 22.5 Å². The molecule has 0 bridgehead atoms. The lowest BCUT2D eigenvalue weighted by Gasteiger charge is -2.40. The number of ether oxygens (including phenoxy) is 1. The third kappa shape index (κ3) is 6.19. The summed E-state index contributed by atoms with van der Waals surface area (Å²) in [7, 11) is 1.57. The lowest BCUT2D eigenvalue weighted by molar-refractivity contribution is 0.0273. The fourth-order valence-electron chi connectivity index (χ4n) is 4.79. The Kier molecular flexibility index (Phi) is 8.60. The Labute approximate surface area is 218 Å². The predicted molar refractivity (Wildman–Crippen MR) is 136 cm³/mol. The van der Waals surface area contributed by atoms with Crippen LogP contribution in [-0.4, -0.2) is 53.4 Å². The van der Waals surface area contributed by atoms with Crippen LogP contribution in [0.25, 0.3) is 10.9 Å².